The van der Waals surface area contributed by atoms with Gasteiger partial charge in [-0.2, -0.15) is 0 Å². The van der Waals surface area contributed by atoms with Crippen LogP contribution < -0.4 is 16.4 Å². The highest BCUT2D eigenvalue weighted by molar-refractivity contribution is 5.81. The van der Waals surface area contributed by atoms with E-state index in [0.29, 0.717) is 12.5 Å². The Morgan fingerprint density at radius 1 is 1.38 bits per heavy atom. The largest absolute Gasteiger partial charge is 0.370 e. The highest BCUT2D eigenvalue weighted by Crippen LogP contribution is 2.18. The van der Waals surface area contributed by atoms with Gasteiger partial charge in [0, 0.05) is 12.5 Å². The first-order valence-electron chi connectivity index (χ1n) is 5.91. The van der Waals surface area contributed by atoms with Crippen molar-refractivity contribution in [1.82, 2.24) is 10.6 Å². The zero-order chi connectivity index (χ0) is 12.0. The molecule has 1 atom stereocenters. The third-order valence-electron chi connectivity index (χ3n) is 2.62. The maximum atomic E-state index is 11.5. The standard InChI is InChI=1S/C11H21N3O2/c1-8(11(16)14-9-5-6-9)13-7-3-2-4-10(12)15/h8-9,13H,2-7H2,1H3,(H2,12,15)(H,14,16). The van der Waals surface area contributed by atoms with Gasteiger partial charge in [-0.05, 0) is 39.2 Å². The average molecular weight is 227 g/mol. The quantitative estimate of drug-likeness (QED) is 0.506. The van der Waals surface area contributed by atoms with Gasteiger partial charge in [0.05, 0.1) is 6.04 Å². The molecule has 1 saturated carbocycles. The number of carbonyl (C=O) groups is 2. The highest BCUT2D eigenvalue weighted by atomic mass is 16.2. The monoisotopic (exact) mass is 227 g/mol. The van der Waals surface area contributed by atoms with Crippen molar-refractivity contribution in [2.24, 2.45) is 5.73 Å². The van der Waals surface area contributed by atoms with E-state index in [2.05, 4.69) is 10.6 Å². The molecule has 0 heterocycles. The molecular formula is C11H21N3O2. The number of unbranched alkanes of at least 4 members (excludes halogenated alkanes) is 1. The van der Waals surface area contributed by atoms with Crippen LogP contribution in [0.25, 0.3) is 0 Å². The van der Waals surface area contributed by atoms with E-state index in [1.807, 2.05) is 6.92 Å². The van der Waals surface area contributed by atoms with Crippen LogP contribution in [0.15, 0.2) is 0 Å². The predicted octanol–water partition coefficient (Wildman–Crippen LogP) is -0.101. The van der Waals surface area contributed by atoms with Crippen molar-refractivity contribution in [2.75, 3.05) is 6.54 Å². The van der Waals surface area contributed by atoms with Crippen LogP contribution in [0.3, 0.4) is 0 Å². The summed E-state index contributed by atoms with van der Waals surface area (Å²) in [6, 6.07) is 0.251. The highest BCUT2D eigenvalue weighted by Gasteiger charge is 2.25. The van der Waals surface area contributed by atoms with Crippen LogP contribution in [0.2, 0.25) is 0 Å². The van der Waals surface area contributed by atoms with Gasteiger partial charge in [-0.3, -0.25) is 9.59 Å². The van der Waals surface area contributed by atoms with Crippen LogP contribution >= 0.6 is 0 Å². The molecule has 0 bridgehead atoms. The molecule has 4 N–H and O–H groups in total. The fourth-order valence-electron chi connectivity index (χ4n) is 1.39. The molecule has 5 nitrogen and oxygen atoms in total. The molecule has 5 heteroatoms. The normalized spacial score (nSPS) is 16.8. The number of nitrogens with one attached hydrogen (secondary N) is 2. The number of carbonyl (C=O) groups excluding carboxylic acids is 2. The van der Waals surface area contributed by atoms with Crippen molar-refractivity contribution in [3.05, 3.63) is 0 Å². The fraction of sp³-hybridized carbons (Fsp3) is 0.818. The molecule has 0 spiro atoms. The Kier molecular flexibility index (Phi) is 5.25. The second kappa shape index (κ2) is 6.48. The van der Waals surface area contributed by atoms with Gasteiger partial charge >= 0.3 is 0 Å². The SMILES string of the molecule is CC(NCCCCC(N)=O)C(=O)NC1CC1. The molecule has 0 aromatic rings. The fourth-order valence-corrected chi connectivity index (χ4v) is 1.39. The van der Waals surface area contributed by atoms with Crippen LogP contribution in [0, 0.1) is 0 Å². The smallest absolute Gasteiger partial charge is 0.237 e. The molecule has 0 aromatic carbocycles. The molecule has 0 radical (unpaired) electrons. The molecule has 1 rings (SSSR count). The number of hydrogen-bond donors (Lipinski definition) is 3. The summed E-state index contributed by atoms with van der Waals surface area (Å²) in [5.74, 6) is -0.197. The second-order valence-corrected chi connectivity index (χ2v) is 4.38. The summed E-state index contributed by atoms with van der Waals surface area (Å²) in [4.78, 5) is 22.0. The van der Waals surface area contributed by atoms with Crippen molar-refractivity contribution >= 4 is 11.8 Å². The second-order valence-electron chi connectivity index (χ2n) is 4.38. The van der Waals surface area contributed by atoms with Gasteiger partial charge in [-0.1, -0.05) is 0 Å². The van der Waals surface area contributed by atoms with Gasteiger partial charge in [0.1, 0.15) is 0 Å². The summed E-state index contributed by atoms with van der Waals surface area (Å²) in [5.41, 5.74) is 5.02. The molecule has 16 heavy (non-hydrogen) atoms. The van der Waals surface area contributed by atoms with Crippen LogP contribution in [0.1, 0.15) is 39.0 Å². The van der Waals surface area contributed by atoms with E-state index in [9.17, 15) is 9.59 Å². The van der Waals surface area contributed by atoms with Crippen LogP contribution in [0.5, 0.6) is 0 Å². The van der Waals surface area contributed by atoms with Crippen molar-refractivity contribution in [3.63, 3.8) is 0 Å². The topological polar surface area (TPSA) is 84.2 Å². The first-order valence-corrected chi connectivity index (χ1v) is 5.91. The van der Waals surface area contributed by atoms with Crippen LogP contribution in [-0.2, 0) is 9.59 Å². The van der Waals surface area contributed by atoms with Gasteiger partial charge in [0.2, 0.25) is 11.8 Å². The van der Waals surface area contributed by atoms with Crippen molar-refractivity contribution in [1.29, 1.82) is 0 Å². The first kappa shape index (κ1) is 13.0. The number of amides is 2. The minimum absolute atomic E-state index is 0.0670. The summed E-state index contributed by atoms with van der Waals surface area (Å²) in [6.45, 7) is 2.60. The Morgan fingerprint density at radius 2 is 2.06 bits per heavy atom. The third-order valence-corrected chi connectivity index (χ3v) is 2.62. The molecule has 1 aliphatic rings. The average Bonchev–Trinajstić information content (AvgIpc) is 3.00. The van der Waals surface area contributed by atoms with Crippen molar-refractivity contribution in [2.45, 2.75) is 51.1 Å². The number of primary amides is 1. The molecule has 0 saturated heterocycles. The lowest BCUT2D eigenvalue weighted by atomic mass is 10.2. The van der Waals surface area contributed by atoms with Gasteiger partial charge in [-0.15, -0.1) is 0 Å². The maximum absolute atomic E-state index is 11.5. The summed E-state index contributed by atoms with van der Waals surface area (Å²) in [5, 5.41) is 6.06. The van der Waals surface area contributed by atoms with E-state index >= 15 is 0 Å². The maximum Gasteiger partial charge on any atom is 0.237 e. The molecule has 1 fully saturated rings. The summed E-state index contributed by atoms with van der Waals surface area (Å²) in [6.07, 6.45) is 4.28. The van der Waals surface area contributed by atoms with E-state index in [0.717, 1.165) is 32.2 Å². The number of rotatable bonds is 8. The zero-order valence-corrected chi connectivity index (χ0v) is 9.79. The van der Waals surface area contributed by atoms with Crippen LogP contribution in [-0.4, -0.2) is 30.4 Å². The van der Waals surface area contributed by atoms with E-state index in [4.69, 9.17) is 5.73 Å². The van der Waals surface area contributed by atoms with E-state index in [-0.39, 0.29) is 17.9 Å². The minimum atomic E-state index is -0.264. The Labute approximate surface area is 96.1 Å². The van der Waals surface area contributed by atoms with Crippen molar-refractivity contribution in [3.8, 4) is 0 Å². The molecule has 2 amide bonds. The molecular weight excluding hydrogens is 206 g/mol. The minimum Gasteiger partial charge on any atom is -0.370 e. The van der Waals surface area contributed by atoms with Crippen molar-refractivity contribution < 1.29 is 9.59 Å². The summed E-state index contributed by atoms with van der Waals surface area (Å²) in [7, 11) is 0. The van der Waals surface area contributed by atoms with Gasteiger partial charge in [-0.25, -0.2) is 0 Å². The summed E-state index contributed by atoms with van der Waals surface area (Å²) < 4.78 is 0. The molecule has 92 valence electrons. The molecule has 1 aliphatic carbocycles. The molecule has 0 aromatic heterocycles. The predicted molar refractivity (Wildman–Crippen MR) is 61.7 cm³/mol. The Morgan fingerprint density at radius 3 is 2.62 bits per heavy atom. The van der Waals surface area contributed by atoms with E-state index in [1.165, 1.54) is 0 Å². The Bertz CT molecular complexity index is 252. The molecule has 0 aliphatic heterocycles. The lowest BCUT2D eigenvalue weighted by Gasteiger charge is -2.13. The third kappa shape index (κ3) is 5.70. The Balaban J connectivity index is 1.98. The van der Waals surface area contributed by atoms with Gasteiger partial charge < -0.3 is 16.4 Å². The first-order chi connectivity index (χ1) is 7.59. The lowest BCUT2D eigenvalue weighted by molar-refractivity contribution is -0.123. The molecule has 1 unspecified atom stereocenters. The lowest BCUT2D eigenvalue weighted by Crippen LogP contribution is -2.43. The van der Waals surface area contributed by atoms with E-state index < -0.39 is 0 Å². The van der Waals surface area contributed by atoms with E-state index in [1.54, 1.807) is 0 Å². The number of nitrogens with two attached hydrogens (primary N) is 1. The van der Waals surface area contributed by atoms with Crippen LogP contribution in [0.4, 0.5) is 0 Å². The summed E-state index contributed by atoms with van der Waals surface area (Å²) >= 11 is 0. The van der Waals surface area contributed by atoms with Gasteiger partial charge in [0.15, 0.2) is 0 Å². The van der Waals surface area contributed by atoms with Gasteiger partial charge in [0.25, 0.3) is 0 Å². The zero-order valence-electron chi connectivity index (χ0n) is 9.79. The number of hydrogen-bond acceptors (Lipinski definition) is 3. The Hall–Kier alpha value is -1.10.